The summed E-state index contributed by atoms with van der Waals surface area (Å²) in [6.45, 7) is 1.87. The third-order valence-corrected chi connectivity index (χ3v) is 10.3. The van der Waals surface area contributed by atoms with Gasteiger partial charge < -0.3 is 9.64 Å². The minimum Gasteiger partial charge on any atom is -0.497 e. The summed E-state index contributed by atoms with van der Waals surface area (Å²) >= 11 is 0. The molecule has 2 fully saturated rings. The molecule has 1 spiro atoms. The predicted molar refractivity (Wildman–Crippen MR) is 144 cm³/mol. The molecule has 8 nitrogen and oxygen atoms in total. The number of piperidine rings is 1. The van der Waals surface area contributed by atoms with Gasteiger partial charge in [0.25, 0.3) is 5.91 Å². The van der Waals surface area contributed by atoms with E-state index in [-0.39, 0.29) is 33.3 Å². The van der Waals surface area contributed by atoms with Gasteiger partial charge in [0.2, 0.25) is 10.0 Å². The number of sulfonamides is 1. The first kappa shape index (κ1) is 25.5. The summed E-state index contributed by atoms with van der Waals surface area (Å²) in [5.74, 6) is -0.153. The maximum absolute atomic E-state index is 13.5. The molecule has 200 valence electrons. The van der Waals surface area contributed by atoms with Crippen LogP contribution in [0.3, 0.4) is 0 Å². The molecular formula is C30H28N2O6S. The van der Waals surface area contributed by atoms with Crippen molar-refractivity contribution in [3.63, 3.8) is 0 Å². The zero-order valence-electron chi connectivity index (χ0n) is 21.6. The zero-order chi connectivity index (χ0) is 27.4. The number of nitrogens with zero attached hydrogens (tertiary/aromatic N) is 2. The van der Waals surface area contributed by atoms with E-state index in [9.17, 15) is 22.8 Å². The number of methoxy groups -OCH3 is 1. The van der Waals surface area contributed by atoms with Crippen LogP contribution < -0.4 is 4.74 Å². The second-order valence-electron chi connectivity index (χ2n) is 10.5. The molecule has 0 bridgehead atoms. The summed E-state index contributed by atoms with van der Waals surface area (Å²) in [6.07, 6.45) is 2.11. The van der Waals surface area contributed by atoms with Crippen molar-refractivity contribution in [2.75, 3.05) is 33.3 Å². The van der Waals surface area contributed by atoms with E-state index in [0.717, 1.165) is 6.42 Å². The van der Waals surface area contributed by atoms with Gasteiger partial charge >= 0.3 is 0 Å². The summed E-state index contributed by atoms with van der Waals surface area (Å²) in [5.41, 5.74) is 1.55. The Morgan fingerprint density at radius 3 is 2.13 bits per heavy atom. The molecule has 3 aromatic carbocycles. The lowest BCUT2D eigenvalue weighted by Gasteiger charge is -2.38. The van der Waals surface area contributed by atoms with Crippen molar-refractivity contribution in [3.05, 3.63) is 94.5 Å². The van der Waals surface area contributed by atoms with Crippen LogP contribution in [0.15, 0.2) is 71.6 Å². The van der Waals surface area contributed by atoms with Crippen molar-refractivity contribution >= 4 is 27.5 Å². The molecule has 0 aromatic heterocycles. The maximum atomic E-state index is 13.5. The van der Waals surface area contributed by atoms with Crippen molar-refractivity contribution in [2.45, 2.75) is 24.2 Å². The van der Waals surface area contributed by atoms with E-state index >= 15 is 0 Å². The molecule has 0 unspecified atom stereocenters. The Hall–Kier alpha value is -3.82. The van der Waals surface area contributed by atoms with E-state index in [2.05, 4.69) is 0 Å². The first-order valence-corrected chi connectivity index (χ1v) is 14.4. The van der Waals surface area contributed by atoms with Gasteiger partial charge in [-0.05, 0) is 55.0 Å². The Kier molecular flexibility index (Phi) is 6.15. The molecule has 2 saturated heterocycles. The van der Waals surface area contributed by atoms with Crippen molar-refractivity contribution in [1.29, 1.82) is 0 Å². The van der Waals surface area contributed by atoms with Crippen LogP contribution in [0.5, 0.6) is 5.75 Å². The largest absolute Gasteiger partial charge is 0.497 e. The van der Waals surface area contributed by atoms with Gasteiger partial charge in [0, 0.05) is 60.1 Å². The lowest BCUT2D eigenvalue weighted by Crippen LogP contribution is -2.44. The van der Waals surface area contributed by atoms with E-state index in [1.165, 1.54) is 17.5 Å². The molecule has 1 amide bonds. The highest BCUT2D eigenvalue weighted by atomic mass is 32.2. The molecule has 3 aliphatic rings. The fourth-order valence-electron chi connectivity index (χ4n) is 6.04. The molecule has 9 heteroatoms. The number of hydrogen-bond acceptors (Lipinski definition) is 6. The minimum atomic E-state index is -3.64. The Bertz CT molecular complexity index is 1620. The zero-order valence-corrected chi connectivity index (χ0v) is 22.4. The van der Waals surface area contributed by atoms with E-state index in [1.807, 2.05) is 0 Å². The van der Waals surface area contributed by atoms with Gasteiger partial charge in [-0.1, -0.05) is 30.3 Å². The van der Waals surface area contributed by atoms with E-state index in [1.54, 1.807) is 65.6 Å². The van der Waals surface area contributed by atoms with Gasteiger partial charge in [-0.3, -0.25) is 14.4 Å². The number of carbonyl (C=O) groups is 3. The Labute approximate surface area is 227 Å². The number of hydrogen-bond donors (Lipinski definition) is 0. The van der Waals surface area contributed by atoms with Crippen LogP contribution in [-0.2, 0) is 10.0 Å². The van der Waals surface area contributed by atoms with E-state index in [0.29, 0.717) is 67.0 Å². The van der Waals surface area contributed by atoms with Crippen LogP contribution in [0.25, 0.3) is 0 Å². The molecule has 39 heavy (non-hydrogen) atoms. The van der Waals surface area contributed by atoms with Crippen LogP contribution in [0.1, 0.15) is 61.5 Å². The van der Waals surface area contributed by atoms with Crippen molar-refractivity contribution < 1.29 is 27.5 Å². The topological polar surface area (TPSA) is 101 Å². The van der Waals surface area contributed by atoms with Crippen LogP contribution in [0.4, 0.5) is 0 Å². The fourth-order valence-corrected chi connectivity index (χ4v) is 7.52. The Morgan fingerprint density at radius 1 is 0.795 bits per heavy atom. The van der Waals surface area contributed by atoms with Gasteiger partial charge in [0.1, 0.15) is 5.75 Å². The third-order valence-electron chi connectivity index (χ3n) is 8.36. The number of likely N-dealkylation sites (tertiary alicyclic amines) is 1. The number of carbonyl (C=O) groups excluding carboxylic acids is 3. The van der Waals surface area contributed by atoms with Crippen LogP contribution in [0, 0.1) is 5.41 Å². The highest BCUT2D eigenvalue weighted by molar-refractivity contribution is 7.89. The number of fused-ring (bicyclic) bond motifs is 2. The summed E-state index contributed by atoms with van der Waals surface area (Å²) < 4.78 is 33.1. The quantitative estimate of drug-likeness (QED) is 0.388. The molecular weight excluding hydrogens is 516 g/mol. The Morgan fingerprint density at radius 2 is 1.44 bits per heavy atom. The second-order valence-corrected chi connectivity index (χ2v) is 12.5. The normalized spacial score (nSPS) is 18.6. The van der Waals surface area contributed by atoms with Gasteiger partial charge in [-0.25, -0.2) is 8.42 Å². The molecule has 0 N–H and O–H groups in total. The SMILES string of the molecule is COc1cccc(S(=O)(=O)N2CCC3(CCN(C(=O)c4ccc5c(c4)C(=O)c4ccccc4C5=O)C3)CC2)c1. The molecule has 1 aliphatic carbocycles. The number of ketones is 2. The third kappa shape index (κ3) is 4.26. The van der Waals surface area contributed by atoms with E-state index in [4.69, 9.17) is 4.74 Å². The molecule has 6 rings (SSSR count). The van der Waals surface area contributed by atoms with Crippen molar-refractivity contribution in [2.24, 2.45) is 5.41 Å². The van der Waals surface area contributed by atoms with Crippen molar-refractivity contribution in [3.8, 4) is 5.75 Å². The first-order valence-electron chi connectivity index (χ1n) is 13.0. The minimum absolute atomic E-state index is 0.144. The van der Waals surface area contributed by atoms with Gasteiger partial charge in [-0.15, -0.1) is 0 Å². The van der Waals surface area contributed by atoms with Crippen LogP contribution >= 0.6 is 0 Å². The summed E-state index contributed by atoms with van der Waals surface area (Å²) in [5, 5.41) is 0. The predicted octanol–water partition coefficient (Wildman–Crippen LogP) is 3.79. The standard InChI is InChI=1S/C30H28N2O6S/c1-38-21-5-4-6-22(18-21)39(36,37)32-15-12-30(13-16-32)11-14-31(19-30)29(35)20-9-10-25-26(17-20)28(34)24-8-3-2-7-23(24)27(25)33/h2-10,17-18H,11-16,19H2,1H3. The first-order chi connectivity index (χ1) is 18.7. The summed E-state index contributed by atoms with van der Waals surface area (Å²) in [7, 11) is -2.14. The van der Waals surface area contributed by atoms with Crippen LogP contribution in [-0.4, -0.2) is 68.4 Å². The number of benzene rings is 3. The number of rotatable bonds is 4. The highest BCUT2D eigenvalue weighted by Crippen LogP contribution is 2.42. The molecule has 2 aliphatic heterocycles. The molecule has 0 radical (unpaired) electrons. The number of amides is 1. The average Bonchev–Trinajstić information content (AvgIpc) is 3.38. The fraction of sp³-hybridized carbons (Fsp3) is 0.300. The molecule has 0 saturated carbocycles. The van der Waals surface area contributed by atoms with Gasteiger partial charge in [0.05, 0.1) is 12.0 Å². The average molecular weight is 545 g/mol. The van der Waals surface area contributed by atoms with Crippen LogP contribution in [0.2, 0.25) is 0 Å². The van der Waals surface area contributed by atoms with Gasteiger partial charge in [0.15, 0.2) is 11.6 Å². The smallest absolute Gasteiger partial charge is 0.253 e. The lowest BCUT2D eigenvalue weighted by atomic mass is 9.78. The molecule has 0 atom stereocenters. The Balaban J connectivity index is 1.15. The van der Waals surface area contributed by atoms with E-state index < -0.39 is 10.0 Å². The second kappa shape index (κ2) is 9.43. The maximum Gasteiger partial charge on any atom is 0.253 e. The summed E-state index contributed by atoms with van der Waals surface area (Å²) in [4.78, 5) is 41.5. The van der Waals surface area contributed by atoms with Gasteiger partial charge in [-0.2, -0.15) is 4.31 Å². The van der Waals surface area contributed by atoms with Crippen molar-refractivity contribution in [1.82, 2.24) is 9.21 Å². The number of ether oxygens (including phenoxy) is 1. The summed E-state index contributed by atoms with van der Waals surface area (Å²) in [6, 6.07) is 18.0. The highest BCUT2D eigenvalue weighted by Gasteiger charge is 2.44. The monoisotopic (exact) mass is 544 g/mol. The molecule has 2 heterocycles. The molecule has 3 aromatic rings. The lowest BCUT2D eigenvalue weighted by molar-refractivity contribution is 0.0750.